The average molecular weight is 319 g/mol. The maximum atomic E-state index is 13.8. The number of thiophene rings is 1. The number of nitrogens with two attached hydrogens (primary N) is 1. The highest BCUT2D eigenvalue weighted by Crippen LogP contribution is 2.36. The van der Waals surface area contributed by atoms with E-state index in [1.54, 1.807) is 6.92 Å². The van der Waals surface area contributed by atoms with Crippen LogP contribution < -0.4 is 5.73 Å². The van der Waals surface area contributed by atoms with Gasteiger partial charge in [-0.2, -0.15) is 5.10 Å². The molecule has 3 rings (SSSR count). The van der Waals surface area contributed by atoms with Gasteiger partial charge in [0.15, 0.2) is 0 Å². The van der Waals surface area contributed by atoms with E-state index in [4.69, 9.17) is 5.73 Å². The number of nitrogens with zero attached hydrogens (tertiary/aromatic N) is 2. The molecular weight excluding hydrogens is 308 g/mol. The summed E-state index contributed by atoms with van der Waals surface area (Å²) in [6.45, 7) is 3.63. The molecule has 0 fully saturated rings. The van der Waals surface area contributed by atoms with E-state index in [1.165, 1.54) is 0 Å². The minimum atomic E-state index is -0.916. The van der Waals surface area contributed by atoms with E-state index in [1.807, 2.05) is 6.92 Å². The van der Waals surface area contributed by atoms with E-state index in [0.29, 0.717) is 22.0 Å². The van der Waals surface area contributed by atoms with Crippen LogP contribution in [-0.2, 0) is 0 Å². The van der Waals surface area contributed by atoms with Gasteiger partial charge in [0.05, 0.1) is 16.9 Å². The van der Waals surface area contributed by atoms with Crippen molar-refractivity contribution in [2.45, 2.75) is 13.8 Å². The topological polar surface area (TPSA) is 68.9 Å². The van der Waals surface area contributed by atoms with Crippen LogP contribution in [-0.4, -0.2) is 16.0 Å². The summed E-state index contributed by atoms with van der Waals surface area (Å²) in [5.41, 5.74) is 7.63. The maximum Gasteiger partial charge on any atom is 0.208 e. The first-order valence-corrected chi connectivity index (χ1v) is 7.23. The number of carbonyl (C=O) groups excluding carboxylic acids is 1. The first kappa shape index (κ1) is 14.5. The Morgan fingerprint density at radius 1 is 1.23 bits per heavy atom. The molecule has 0 saturated heterocycles. The highest BCUT2D eigenvalue weighted by Gasteiger charge is 2.23. The lowest BCUT2D eigenvalue weighted by atomic mass is 10.1. The lowest BCUT2D eigenvalue weighted by molar-refractivity contribution is 0.103. The second-order valence-electron chi connectivity index (χ2n) is 4.89. The molecule has 22 heavy (non-hydrogen) atoms. The Hall–Kier alpha value is -2.41. The van der Waals surface area contributed by atoms with Gasteiger partial charge in [-0.1, -0.05) is 0 Å². The van der Waals surface area contributed by atoms with E-state index >= 15 is 0 Å². The van der Waals surface area contributed by atoms with Crippen molar-refractivity contribution < 1.29 is 13.6 Å². The normalized spacial score (nSPS) is 11.1. The van der Waals surface area contributed by atoms with Crippen LogP contribution in [0, 0.1) is 25.5 Å². The van der Waals surface area contributed by atoms with Gasteiger partial charge in [0, 0.05) is 11.5 Å². The Labute approximate surface area is 128 Å². The van der Waals surface area contributed by atoms with Crippen molar-refractivity contribution in [3.05, 3.63) is 51.5 Å². The molecule has 0 aliphatic carbocycles. The van der Waals surface area contributed by atoms with Gasteiger partial charge in [-0.3, -0.25) is 4.79 Å². The molecule has 0 saturated carbocycles. The second kappa shape index (κ2) is 5.10. The molecule has 2 aromatic heterocycles. The Balaban J connectivity index is 2.20. The Morgan fingerprint density at radius 2 is 1.95 bits per heavy atom. The molecule has 0 aliphatic heterocycles. The van der Waals surface area contributed by atoms with Gasteiger partial charge in [-0.05, 0) is 31.5 Å². The SMILES string of the molecule is Cc1nnc2sc(C(=O)c3ccc(F)cc3F)c(N)c2c1C. The third kappa shape index (κ3) is 2.14. The molecule has 0 radical (unpaired) electrons. The van der Waals surface area contributed by atoms with Crippen LogP contribution in [0.5, 0.6) is 0 Å². The number of rotatable bonds is 2. The standard InChI is InChI=1S/C15H11F2N3OS/c1-6-7(2)19-20-15-11(6)12(18)14(22-15)13(21)9-4-3-8(16)5-10(9)17/h3-5H,18H2,1-2H3. The molecule has 0 unspecified atom stereocenters. The fourth-order valence-electron chi connectivity index (χ4n) is 2.21. The number of hydrogen-bond acceptors (Lipinski definition) is 5. The highest BCUT2D eigenvalue weighted by molar-refractivity contribution is 7.21. The van der Waals surface area contributed by atoms with Gasteiger partial charge < -0.3 is 5.73 Å². The first-order chi connectivity index (χ1) is 10.4. The van der Waals surface area contributed by atoms with Crippen LogP contribution in [0.1, 0.15) is 26.5 Å². The zero-order valence-electron chi connectivity index (χ0n) is 11.8. The molecule has 2 N–H and O–H groups in total. The highest BCUT2D eigenvalue weighted by atomic mass is 32.1. The Morgan fingerprint density at radius 3 is 2.64 bits per heavy atom. The fourth-order valence-corrected chi connectivity index (χ4v) is 3.26. The molecule has 1 aromatic carbocycles. The number of aromatic nitrogens is 2. The van der Waals surface area contributed by atoms with Gasteiger partial charge in [0.25, 0.3) is 0 Å². The molecule has 0 aliphatic rings. The number of halogens is 2. The summed E-state index contributed by atoms with van der Waals surface area (Å²) in [5, 5.41) is 8.67. The molecular formula is C15H11F2N3OS. The van der Waals surface area contributed by atoms with Gasteiger partial charge in [0.2, 0.25) is 5.78 Å². The molecule has 4 nitrogen and oxygen atoms in total. The van der Waals surface area contributed by atoms with Crippen molar-refractivity contribution in [3.8, 4) is 0 Å². The average Bonchev–Trinajstić information content (AvgIpc) is 2.80. The third-order valence-electron chi connectivity index (χ3n) is 3.52. The molecule has 0 amide bonds. The van der Waals surface area contributed by atoms with E-state index < -0.39 is 17.4 Å². The smallest absolute Gasteiger partial charge is 0.208 e. The maximum absolute atomic E-state index is 13.8. The summed E-state index contributed by atoms with van der Waals surface area (Å²) in [6.07, 6.45) is 0. The number of fused-ring (bicyclic) bond motifs is 1. The molecule has 112 valence electrons. The van der Waals surface area contributed by atoms with E-state index in [-0.39, 0.29) is 16.1 Å². The first-order valence-electron chi connectivity index (χ1n) is 6.41. The van der Waals surface area contributed by atoms with E-state index in [2.05, 4.69) is 10.2 Å². The van der Waals surface area contributed by atoms with Crippen molar-refractivity contribution in [2.24, 2.45) is 0 Å². The van der Waals surface area contributed by atoms with Crippen molar-refractivity contribution in [1.82, 2.24) is 10.2 Å². The van der Waals surface area contributed by atoms with Crippen LogP contribution in [0.4, 0.5) is 14.5 Å². The van der Waals surface area contributed by atoms with Crippen LogP contribution in [0.2, 0.25) is 0 Å². The number of ketones is 1. The lowest BCUT2D eigenvalue weighted by Gasteiger charge is -2.03. The van der Waals surface area contributed by atoms with Gasteiger partial charge >= 0.3 is 0 Å². The Bertz CT molecular complexity index is 921. The minimum Gasteiger partial charge on any atom is -0.397 e. The van der Waals surface area contributed by atoms with E-state index in [0.717, 1.165) is 29.0 Å². The number of hydrogen-bond donors (Lipinski definition) is 1. The van der Waals surface area contributed by atoms with Crippen molar-refractivity contribution in [2.75, 3.05) is 5.73 Å². The number of carbonyl (C=O) groups is 1. The monoisotopic (exact) mass is 319 g/mol. The van der Waals surface area contributed by atoms with Crippen LogP contribution in [0.25, 0.3) is 10.2 Å². The molecule has 2 heterocycles. The van der Waals surface area contributed by atoms with Gasteiger partial charge in [-0.15, -0.1) is 16.4 Å². The molecule has 0 atom stereocenters. The second-order valence-corrected chi connectivity index (χ2v) is 5.89. The number of benzene rings is 1. The molecule has 0 bridgehead atoms. The molecule has 0 spiro atoms. The van der Waals surface area contributed by atoms with Crippen molar-refractivity contribution >= 4 is 33.0 Å². The number of anilines is 1. The van der Waals surface area contributed by atoms with Crippen LogP contribution in [0.3, 0.4) is 0 Å². The fraction of sp³-hybridized carbons (Fsp3) is 0.133. The number of aryl methyl sites for hydroxylation is 2. The summed E-state index contributed by atoms with van der Waals surface area (Å²) in [4.78, 5) is 13.2. The molecule has 7 heteroatoms. The van der Waals surface area contributed by atoms with Crippen molar-refractivity contribution in [1.29, 1.82) is 0 Å². The minimum absolute atomic E-state index is 0.184. The zero-order chi connectivity index (χ0) is 16.0. The predicted octanol–water partition coefficient (Wildman–Crippen LogP) is 3.40. The largest absolute Gasteiger partial charge is 0.397 e. The summed E-state index contributed by atoms with van der Waals surface area (Å²) in [7, 11) is 0. The summed E-state index contributed by atoms with van der Waals surface area (Å²) >= 11 is 1.05. The predicted molar refractivity (Wildman–Crippen MR) is 81.1 cm³/mol. The Kier molecular flexibility index (Phi) is 3.37. The van der Waals surface area contributed by atoms with Gasteiger partial charge in [-0.25, -0.2) is 8.78 Å². The summed E-state index contributed by atoms with van der Waals surface area (Å²) in [6, 6.07) is 2.82. The summed E-state index contributed by atoms with van der Waals surface area (Å²) in [5.74, 6) is -2.24. The third-order valence-corrected chi connectivity index (χ3v) is 4.61. The summed E-state index contributed by atoms with van der Waals surface area (Å²) < 4.78 is 26.8. The lowest BCUT2D eigenvalue weighted by Crippen LogP contribution is -2.05. The quantitative estimate of drug-likeness (QED) is 0.735. The van der Waals surface area contributed by atoms with Crippen molar-refractivity contribution in [3.63, 3.8) is 0 Å². The van der Waals surface area contributed by atoms with E-state index in [9.17, 15) is 13.6 Å². The van der Waals surface area contributed by atoms with Crippen LogP contribution in [0.15, 0.2) is 18.2 Å². The number of nitrogen functional groups attached to an aromatic ring is 1. The van der Waals surface area contributed by atoms with Gasteiger partial charge in [0.1, 0.15) is 21.3 Å². The molecule has 3 aromatic rings. The zero-order valence-corrected chi connectivity index (χ0v) is 12.6. The van der Waals surface area contributed by atoms with Crippen LogP contribution >= 0.6 is 11.3 Å².